The Labute approximate surface area is 183 Å². The number of carbonyl (C=O) groups is 2. The number of ether oxygens (including phenoxy) is 1. The highest BCUT2D eigenvalue weighted by molar-refractivity contribution is 6.02. The number of fused-ring (bicyclic) bond motifs is 1. The molecular formula is C23H24N4O5. The SMILES string of the molecule is COC(=O)c1cc(C2CC2)nc2c1c(=O)n(CC(=O)N[C@H](C)c1ccccc1)c(=O)n2C. The van der Waals surface area contributed by atoms with E-state index in [1.807, 2.05) is 37.3 Å². The number of aromatic nitrogens is 3. The monoisotopic (exact) mass is 436 g/mol. The number of nitrogens with zero attached hydrogens (tertiary/aromatic N) is 3. The van der Waals surface area contributed by atoms with Crippen molar-refractivity contribution in [3.63, 3.8) is 0 Å². The molecule has 0 saturated heterocycles. The van der Waals surface area contributed by atoms with E-state index in [2.05, 4.69) is 10.3 Å². The third-order valence-electron chi connectivity index (χ3n) is 5.69. The van der Waals surface area contributed by atoms with Crippen LogP contribution in [0.5, 0.6) is 0 Å². The summed E-state index contributed by atoms with van der Waals surface area (Å²) >= 11 is 0. The molecule has 1 aliphatic carbocycles. The van der Waals surface area contributed by atoms with Crippen molar-refractivity contribution in [1.82, 2.24) is 19.4 Å². The van der Waals surface area contributed by atoms with Crippen LogP contribution in [-0.2, 0) is 23.1 Å². The fourth-order valence-corrected chi connectivity index (χ4v) is 3.75. The molecule has 9 nitrogen and oxygen atoms in total. The number of methoxy groups -OCH3 is 1. The van der Waals surface area contributed by atoms with E-state index in [-0.39, 0.29) is 28.6 Å². The Balaban J connectivity index is 1.76. The van der Waals surface area contributed by atoms with Gasteiger partial charge in [0.15, 0.2) is 0 Å². The molecule has 32 heavy (non-hydrogen) atoms. The standard InChI is InChI=1S/C23H24N4O5/c1-13(14-7-5-4-6-8-14)24-18(28)12-27-21(29)19-16(22(30)32-3)11-17(15-9-10-15)25-20(19)26(2)23(27)31/h4-8,11,13,15H,9-10,12H2,1-3H3,(H,24,28)/t13-/m1/s1. The Bertz CT molecular complexity index is 1320. The lowest BCUT2D eigenvalue weighted by molar-refractivity contribution is -0.122. The van der Waals surface area contributed by atoms with Crippen LogP contribution in [0.25, 0.3) is 11.0 Å². The van der Waals surface area contributed by atoms with Crippen LogP contribution in [0.3, 0.4) is 0 Å². The first kappa shape index (κ1) is 21.5. The number of hydrogen-bond acceptors (Lipinski definition) is 6. The van der Waals surface area contributed by atoms with Crippen LogP contribution in [0, 0.1) is 0 Å². The lowest BCUT2D eigenvalue weighted by Crippen LogP contribution is -2.44. The first-order valence-electron chi connectivity index (χ1n) is 10.4. The molecule has 0 aliphatic heterocycles. The van der Waals surface area contributed by atoms with Crippen molar-refractivity contribution in [2.45, 2.75) is 38.3 Å². The van der Waals surface area contributed by atoms with E-state index in [9.17, 15) is 19.2 Å². The maximum atomic E-state index is 13.3. The number of amides is 1. The number of carbonyl (C=O) groups excluding carboxylic acids is 2. The number of pyridine rings is 1. The summed E-state index contributed by atoms with van der Waals surface area (Å²) in [6, 6.07) is 10.6. The lowest BCUT2D eigenvalue weighted by Gasteiger charge is -2.16. The van der Waals surface area contributed by atoms with E-state index in [1.54, 1.807) is 6.07 Å². The highest BCUT2D eigenvalue weighted by atomic mass is 16.5. The molecule has 1 atom stereocenters. The summed E-state index contributed by atoms with van der Waals surface area (Å²) in [5.74, 6) is -0.989. The van der Waals surface area contributed by atoms with Crippen LogP contribution in [0.4, 0.5) is 0 Å². The van der Waals surface area contributed by atoms with Crippen LogP contribution in [0.1, 0.15) is 53.3 Å². The predicted octanol–water partition coefficient (Wildman–Crippen LogP) is 1.64. The minimum absolute atomic E-state index is 0.0349. The second-order valence-electron chi connectivity index (χ2n) is 7.99. The molecule has 1 aliphatic rings. The third-order valence-corrected chi connectivity index (χ3v) is 5.69. The van der Waals surface area contributed by atoms with Gasteiger partial charge in [-0.05, 0) is 31.4 Å². The smallest absolute Gasteiger partial charge is 0.338 e. The highest BCUT2D eigenvalue weighted by Gasteiger charge is 2.29. The second kappa shape index (κ2) is 8.41. The van der Waals surface area contributed by atoms with Gasteiger partial charge in [0, 0.05) is 18.7 Å². The molecule has 166 valence electrons. The van der Waals surface area contributed by atoms with Gasteiger partial charge < -0.3 is 10.1 Å². The first-order valence-corrected chi connectivity index (χ1v) is 10.4. The number of hydrogen-bond donors (Lipinski definition) is 1. The van der Waals surface area contributed by atoms with E-state index >= 15 is 0 Å². The summed E-state index contributed by atoms with van der Waals surface area (Å²) in [4.78, 5) is 55.8. The quantitative estimate of drug-likeness (QED) is 0.588. The van der Waals surface area contributed by atoms with Crippen LogP contribution in [0.15, 0.2) is 46.0 Å². The van der Waals surface area contributed by atoms with Gasteiger partial charge in [0.2, 0.25) is 5.91 Å². The first-order chi connectivity index (χ1) is 15.3. The van der Waals surface area contributed by atoms with Gasteiger partial charge in [0.25, 0.3) is 5.56 Å². The zero-order valence-corrected chi connectivity index (χ0v) is 18.1. The summed E-state index contributed by atoms with van der Waals surface area (Å²) in [6.07, 6.45) is 1.87. The molecule has 9 heteroatoms. The molecule has 0 bridgehead atoms. The van der Waals surface area contributed by atoms with Crippen LogP contribution in [-0.4, -0.2) is 33.1 Å². The molecule has 0 unspecified atom stereocenters. The van der Waals surface area contributed by atoms with Crippen molar-refractivity contribution in [3.05, 3.63) is 74.1 Å². The van der Waals surface area contributed by atoms with Gasteiger partial charge in [-0.1, -0.05) is 30.3 Å². The minimum atomic E-state index is -0.749. The zero-order chi connectivity index (χ0) is 23.0. The lowest BCUT2D eigenvalue weighted by atomic mass is 10.1. The Kier molecular flexibility index (Phi) is 5.65. The normalized spacial score (nSPS) is 14.2. The van der Waals surface area contributed by atoms with E-state index in [0.717, 1.165) is 23.0 Å². The van der Waals surface area contributed by atoms with Crippen molar-refractivity contribution in [3.8, 4) is 0 Å². The topological polar surface area (TPSA) is 112 Å². The van der Waals surface area contributed by atoms with E-state index in [0.29, 0.717) is 5.69 Å². The predicted molar refractivity (Wildman–Crippen MR) is 118 cm³/mol. The average molecular weight is 436 g/mol. The van der Waals surface area contributed by atoms with Crippen LogP contribution >= 0.6 is 0 Å². The molecule has 4 rings (SSSR count). The highest BCUT2D eigenvalue weighted by Crippen LogP contribution is 2.39. The zero-order valence-electron chi connectivity index (χ0n) is 18.1. The fraction of sp³-hybridized carbons (Fsp3) is 0.348. The van der Waals surface area contributed by atoms with E-state index < -0.39 is 29.7 Å². The number of esters is 1. The number of aryl methyl sites for hydroxylation is 1. The summed E-state index contributed by atoms with van der Waals surface area (Å²) in [6.45, 7) is 1.33. The summed E-state index contributed by atoms with van der Waals surface area (Å²) < 4.78 is 6.88. The van der Waals surface area contributed by atoms with Crippen molar-refractivity contribution < 1.29 is 14.3 Å². The minimum Gasteiger partial charge on any atom is -0.465 e. The van der Waals surface area contributed by atoms with Gasteiger partial charge in [-0.2, -0.15) is 0 Å². The largest absolute Gasteiger partial charge is 0.465 e. The molecule has 0 spiro atoms. The Hall–Kier alpha value is -3.75. The summed E-state index contributed by atoms with van der Waals surface area (Å²) in [5.41, 5.74) is 0.275. The van der Waals surface area contributed by atoms with Crippen molar-refractivity contribution in [2.75, 3.05) is 7.11 Å². The van der Waals surface area contributed by atoms with Gasteiger partial charge in [-0.15, -0.1) is 0 Å². The number of nitrogens with one attached hydrogen (secondary N) is 1. The number of benzene rings is 1. The van der Waals surface area contributed by atoms with E-state index in [1.165, 1.54) is 18.7 Å². The molecule has 3 aromatic rings. The van der Waals surface area contributed by atoms with Gasteiger partial charge in [-0.3, -0.25) is 18.7 Å². The number of rotatable bonds is 6. The molecule has 1 fully saturated rings. The van der Waals surface area contributed by atoms with Crippen molar-refractivity contribution in [2.24, 2.45) is 7.05 Å². The molecule has 0 radical (unpaired) electrons. The fourth-order valence-electron chi connectivity index (χ4n) is 3.75. The molecule has 2 heterocycles. The molecule has 1 saturated carbocycles. The van der Waals surface area contributed by atoms with Gasteiger partial charge in [-0.25, -0.2) is 14.6 Å². The Morgan fingerprint density at radius 2 is 1.91 bits per heavy atom. The molecule has 1 amide bonds. The third kappa shape index (κ3) is 3.93. The summed E-state index contributed by atoms with van der Waals surface area (Å²) in [5, 5.41) is 2.76. The van der Waals surface area contributed by atoms with Crippen molar-refractivity contribution in [1.29, 1.82) is 0 Å². The van der Waals surface area contributed by atoms with E-state index in [4.69, 9.17) is 4.74 Å². The Morgan fingerprint density at radius 1 is 1.22 bits per heavy atom. The molecule has 1 aromatic carbocycles. The van der Waals surface area contributed by atoms with Gasteiger partial charge >= 0.3 is 11.7 Å². The average Bonchev–Trinajstić information content (AvgIpc) is 3.65. The van der Waals surface area contributed by atoms with Crippen molar-refractivity contribution >= 4 is 22.9 Å². The molecule has 2 aromatic heterocycles. The van der Waals surface area contributed by atoms with Gasteiger partial charge in [0.1, 0.15) is 12.2 Å². The summed E-state index contributed by atoms with van der Waals surface area (Å²) in [7, 11) is 2.69. The molecule has 1 N–H and O–H groups in total. The Morgan fingerprint density at radius 3 is 2.53 bits per heavy atom. The second-order valence-corrected chi connectivity index (χ2v) is 7.99. The molecular weight excluding hydrogens is 412 g/mol. The maximum Gasteiger partial charge on any atom is 0.338 e. The van der Waals surface area contributed by atoms with Crippen LogP contribution in [0.2, 0.25) is 0 Å². The maximum absolute atomic E-state index is 13.3. The van der Waals surface area contributed by atoms with Gasteiger partial charge in [0.05, 0.1) is 24.1 Å². The van der Waals surface area contributed by atoms with Crippen LogP contribution < -0.4 is 16.6 Å².